The van der Waals surface area contributed by atoms with Crippen LogP contribution in [0.1, 0.15) is 52.6 Å². The van der Waals surface area contributed by atoms with Crippen LogP contribution in [0.3, 0.4) is 0 Å². The lowest BCUT2D eigenvalue weighted by Crippen LogP contribution is -2.56. The van der Waals surface area contributed by atoms with Gasteiger partial charge in [-0.25, -0.2) is 4.79 Å². The van der Waals surface area contributed by atoms with E-state index in [-0.39, 0.29) is 12.1 Å². The highest BCUT2D eigenvalue weighted by Gasteiger charge is 2.31. The topological polar surface area (TPSA) is 126 Å². The summed E-state index contributed by atoms with van der Waals surface area (Å²) in [5.74, 6) is -2.51. The molecule has 9 nitrogen and oxygen atoms in total. The number of hydrogen-bond acceptors (Lipinski definition) is 6. The lowest BCUT2D eigenvalue weighted by atomic mass is 10.1. The van der Waals surface area contributed by atoms with E-state index >= 15 is 0 Å². The molecule has 0 saturated heterocycles. The quantitative estimate of drug-likeness (QED) is 0.346. The van der Waals surface area contributed by atoms with E-state index in [1.807, 2.05) is 0 Å². The van der Waals surface area contributed by atoms with Crippen molar-refractivity contribution in [3.05, 3.63) is 70.8 Å². The normalized spacial score (nSPS) is 12.3. The Morgan fingerprint density at radius 1 is 0.947 bits per heavy atom. The van der Waals surface area contributed by atoms with Crippen LogP contribution in [0.2, 0.25) is 0 Å². The highest BCUT2D eigenvalue weighted by molar-refractivity contribution is 5.97. The van der Waals surface area contributed by atoms with Gasteiger partial charge in [-0.2, -0.15) is 13.2 Å². The van der Waals surface area contributed by atoms with Gasteiger partial charge in [-0.1, -0.05) is 18.2 Å². The first-order chi connectivity index (χ1) is 17.7. The van der Waals surface area contributed by atoms with Crippen molar-refractivity contribution < 1.29 is 37.1 Å². The lowest BCUT2D eigenvalue weighted by molar-refractivity contribution is -0.137. The van der Waals surface area contributed by atoms with Crippen LogP contribution < -0.4 is 21.3 Å². The highest BCUT2D eigenvalue weighted by atomic mass is 19.4. The summed E-state index contributed by atoms with van der Waals surface area (Å²) in [5.41, 5.74) is -0.624. The second-order valence-electron chi connectivity index (χ2n) is 9.44. The number of carbonyl (C=O) groups excluding carboxylic acids is 4. The molecule has 3 amide bonds. The van der Waals surface area contributed by atoms with Gasteiger partial charge in [0.15, 0.2) is 0 Å². The minimum Gasteiger partial charge on any atom is -0.465 e. The molecular formula is C26H31F3N4O5. The third kappa shape index (κ3) is 9.85. The predicted octanol–water partition coefficient (Wildman–Crippen LogP) is 2.41. The molecule has 0 saturated carbocycles. The first-order valence-corrected chi connectivity index (χ1v) is 11.6. The summed E-state index contributed by atoms with van der Waals surface area (Å²) in [6.07, 6.45) is -4.61. The molecule has 206 valence electrons. The fraction of sp³-hybridized carbons (Fsp3) is 0.385. The summed E-state index contributed by atoms with van der Waals surface area (Å²) in [6, 6.07) is 9.43. The number of halogens is 3. The molecule has 0 aromatic heterocycles. The van der Waals surface area contributed by atoms with E-state index in [0.717, 1.165) is 17.7 Å². The average Bonchev–Trinajstić information content (AvgIpc) is 2.85. The molecular weight excluding hydrogens is 505 g/mol. The molecule has 2 aromatic carbocycles. The van der Waals surface area contributed by atoms with Crippen molar-refractivity contribution in [1.29, 1.82) is 0 Å². The van der Waals surface area contributed by atoms with Gasteiger partial charge in [-0.3, -0.25) is 14.4 Å². The van der Waals surface area contributed by atoms with Gasteiger partial charge in [-0.15, -0.1) is 0 Å². The van der Waals surface area contributed by atoms with Gasteiger partial charge in [0.25, 0.3) is 5.91 Å². The number of benzene rings is 2. The molecule has 0 radical (unpaired) electrons. The lowest BCUT2D eigenvalue weighted by Gasteiger charge is -2.26. The van der Waals surface area contributed by atoms with Gasteiger partial charge in [0.05, 0.1) is 24.8 Å². The molecule has 0 heterocycles. The van der Waals surface area contributed by atoms with Crippen LogP contribution in [-0.4, -0.2) is 55.5 Å². The van der Waals surface area contributed by atoms with Crippen molar-refractivity contribution in [1.82, 2.24) is 21.3 Å². The highest BCUT2D eigenvalue weighted by Crippen LogP contribution is 2.29. The Balaban J connectivity index is 1.98. The molecule has 0 aliphatic rings. The number of amides is 3. The van der Waals surface area contributed by atoms with Crippen molar-refractivity contribution in [3.63, 3.8) is 0 Å². The summed E-state index contributed by atoms with van der Waals surface area (Å²) in [4.78, 5) is 49.1. The largest absolute Gasteiger partial charge is 0.465 e. The zero-order chi connectivity index (χ0) is 28.5. The standard InChI is InChI=1S/C26H31F3N4O5/c1-25(2,3)33-23(36)20(14-30-13-16-8-10-17(11-9-16)24(37)38-4)32-21(34)15-31-22(35)18-6-5-7-19(12-18)26(27,28)29/h5-12,20,30H,13-15H2,1-4H3,(H,31,35)(H,32,34)(H,33,36)/t20-/m0/s1. The Hall–Kier alpha value is -3.93. The first-order valence-electron chi connectivity index (χ1n) is 11.6. The Morgan fingerprint density at radius 2 is 1.61 bits per heavy atom. The molecule has 0 spiro atoms. The molecule has 4 N–H and O–H groups in total. The minimum absolute atomic E-state index is 0.0357. The zero-order valence-electron chi connectivity index (χ0n) is 21.5. The maximum absolute atomic E-state index is 12.9. The van der Waals surface area contributed by atoms with Crippen LogP contribution in [-0.2, 0) is 27.0 Å². The van der Waals surface area contributed by atoms with E-state index in [0.29, 0.717) is 18.2 Å². The van der Waals surface area contributed by atoms with Gasteiger partial charge in [-0.05, 0) is 56.7 Å². The Labute approximate surface area is 218 Å². The SMILES string of the molecule is COC(=O)c1ccc(CNC[C@H](NC(=O)CNC(=O)c2cccc(C(F)(F)F)c2)C(=O)NC(C)(C)C)cc1. The number of carbonyl (C=O) groups is 4. The number of esters is 1. The maximum atomic E-state index is 12.9. The van der Waals surface area contributed by atoms with Crippen molar-refractivity contribution in [3.8, 4) is 0 Å². The van der Waals surface area contributed by atoms with Crippen LogP contribution >= 0.6 is 0 Å². The monoisotopic (exact) mass is 536 g/mol. The first kappa shape index (κ1) is 30.3. The third-order valence-corrected chi connectivity index (χ3v) is 5.06. The van der Waals surface area contributed by atoms with Crippen LogP contribution in [0.5, 0.6) is 0 Å². The summed E-state index contributed by atoms with van der Waals surface area (Å²) < 4.78 is 43.4. The Morgan fingerprint density at radius 3 is 2.18 bits per heavy atom. The zero-order valence-corrected chi connectivity index (χ0v) is 21.5. The van der Waals surface area contributed by atoms with Gasteiger partial charge >= 0.3 is 12.1 Å². The maximum Gasteiger partial charge on any atom is 0.416 e. The van der Waals surface area contributed by atoms with Crippen LogP contribution in [0.4, 0.5) is 13.2 Å². The molecule has 0 bridgehead atoms. The van der Waals surface area contributed by atoms with Crippen molar-refractivity contribution in [2.45, 2.75) is 45.1 Å². The molecule has 12 heteroatoms. The summed E-state index contributed by atoms with van der Waals surface area (Å²) in [5, 5.41) is 10.6. The molecule has 1 atom stereocenters. The van der Waals surface area contributed by atoms with E-state index in [1.54, 1.807) is 45.0 Å². The average molecular weight is 537 g/mol. The molecule has 0 fully saturated rings. The van der Waals surface area contributed by atoms with E-state index in [1.165, 1.54) is 13.2 Å². The van der Waals surface area contributed by atoms with Gasteiger partial charge in [0.1, 0.15) is 6.04 Å². The Kier molecular flexibility index (Phi) is 10.4. The van der Waals surface area contributed by atoms with Crippen molar-refractivity contribution in [2.24, 2.45) is 0 Å². The van der Waals surface area contributed by atoms with Crippen molar-refractivity contribution >= 4 is 23.7 Å². The predicted molar refractivity (Wildman–Crippen MR) is 133 cm³/mol. The van der Waals surface area contributed by atoms with Crippen LogP contribution in [0.15, 0.2) is 48.5 Å². The fourth-order valence-corrected chi connectivity index (χ4v) is 3.25. The number of nitrogens with one attached hydrogen (secondary N) is 4. The number of ether oxygens (including phenoxy) is 1. The van der Waals surface area contributed by atoms with E-state index in [2.05, 4.69) is 26.0 Å². The number of methoxy groups -OCH3 is 1. The Bertz CT molecular complexity index is 1140. The molecule has 2 aromatic rings. The molecule has 0 aliphatic carbocycles. The van der Waals surface area contributed by atoms with E-state index in [9.17, 15) is 32.3 Å². The summed E-state index contributed by atoms with van der Waals surface area (Å²) >= 11 is 0. The molecule has 38 heavy (non-hydrogen) atoms. The number of alkyl halides is 3. The van der Waals surface area contributed by atoms with E-state index < -0.39 is 53.6 Å². The van der Waals surface area contributed by atoms with Gasteiger partial charge in [0.2, 0.25) is 11.8 Å². The minimum atomic E-state index is -4.61. The van der Waals surface area contributed by atoms with Crippen LogP contribution in [0.25, 0.3) is 0 Å². The van der Waals surface area contributed by atoms with Gasteiger partial charge in [0, 0.05) is 24.2 Å². The fourth-order valence-electron chi connectivity index (χ4n) is 3.25. The summed E-state index contributed by atoms with van der Waals surface area (Å²) in [7, 11) is 1.28. The van der Waals surface area contributed by atoms with Gasteiger partial charge < -0.3 is 26.0 Å². The third-order valence-electron chi connectivity index (χ3n) is 5.06. The second-order valence-corrected chi connectivity index (χ2v) is 9.44. The smallest absolute Gasteiger partial charge is 0.416 e. The molecule has 2 rings (SSSR count). The number of rotatable bonds is 10. The van der Waals surface area contributed by atoms with Crippen molar-refractivity contribution in [2.75, 3.05) is 20.2 Å². The number of hydrogen-bond donors (Lipinski definition) is 4. The molecule has 0 aliphatic heterocycles. The molecule has 0 unspecified atom stereocenters. The summed E-state index contributed by atoms with van der Waals surface area (Å²) in [6.45, 7) is 5.13. The van der Waals surface area contributed by atoms with E-state index in [4.69, 9.17) is 0 Å². The second kappa shape index (κ2) is 13.0. The van der Waals surface area contributed by atoms with Crippen LogP contribution in [0, 0.1) is 0 Å².